The summed E-state index contributed by atoms with van der Waals surface area (Å²) < 4.78 is 0. The second kappa shape index (κ2) is 7.28. The molecule has 0 radical (unpaired) electrons. The second-order valence-corrected chi connectivity index (χ2v) is 4.72. The third-order valence-corrected chi connectivity index (χ3v) is 3.22. The lowest BCUT2D eigenvalue weighted by Gasteiger charge is -1.95. The lowest BCUT2D eigenvalue weighted by atomic mass is 10.1. The molecule has 2 aromatic carbocycles. The Hall–Kier alpha value is -2.79. The molecule has 22 heavy (non-hydrogen) atoms. The van der Waals surface area contributed by atoms with Crippen LogP contribution >= 0.6 is 0 Å². The number of aromatic nitrogens is 1. The molecule has 0 atom stereocenters. The van der Waals surface area contributed by atoms with E-state index in [9.17, 15) is 4.79 Å². The molecule has 5 N–H and O–H groups in total. The van der Waals surface area contributed by atoms with Crippen LogP contribution in [0, 0.1) is 0 Å². The number of rotatable bonds is 3. The van der Waals surface area contributed by atoms with E-state index in [0.29, 0.717) is 6.54 Å². The molecule has 0 unspecified atom stereocenters. The van der Waals surface area contributed by atoms with Gasteiger partial charge >= 0.3 is 5.97 Å². The number of carbonyl (C=O) groups is 1. The summed E-state index contributed by atoms with van der Waals surface area (Å²) in [5.41, 5.74) is 7.94. The summed E-state index contributed by atoms with van der Waals surface area (Å²) in [5.74, 6) is -1.31. The predicted octanol–water partition coefficient (Wildman–Crippen LogP) is 2.76. The fraction of sp³-hybridized carbons (Fsp3) is 0.118. The van der Waals surface area contributed by atoms with Crippen molar-refractivity contribution >= 4 is 16.9 Å². The molecule has 0 aliphatic rings. The third-order valence-electron chi connectivity index (χ3n) is 3.22. The molecule has 1 heterocycles. The van der Waals surface area contributed by atoms with Crippen LogP contribution in [0.15, 0.2) is 54.7 Å². The standard InChI is InChI=1S/C10H12N2.C7H6O3/c11-6-5-8-7-12-10-4-2-1-3-9(8)10;8-6-4-2-1-3-5(6)7(9)10/h1-4,7,12H,5-6,11H2;1-4,8H,(H,9,10). The first-order chi connectivity index (χ1) is 10.6. The summed E-state index contributed by atoms with van der Waals surface area (Å²) in [6.07, 6.45) is 2.99. The Labute approximate surface area is 128 Å². The van der Waals surface area contributed by atoms with E-state index >= 15 is 0 Å². The van der Waals surface area contributed by atoms with Crippen LogP contribution < -0.4 is 5.73 Å². The molecule has 1 aromatic heterocycles. The Morgan fingerprint density at radius 1 is 1.09 bits per heavy atom. The van der Waals surface area contributed by atoms with Crippen LogP contribution in [0.4, 0.5) is 0 Å². The molecule has 5 heteroatoms. The number of para-hydroxylation sites is 2. The number of aromatic amines is 1. The van der Waals surface area contributed by atoms with E-state index in [1.54, 1.807) is 12.1 Å². The zero-order valence-electron chi connectivity index (χ0n) is 12.0. The molecule has 0 aliphatic carbocycles. The Morgan fingerprint density at radius 3 is 2.41 bits per heavy atom. The smallest absolute Gasteiger partial charge is 0.339 e. The summed E-state index contributed by atoms with van der Waals surface area (Å²) >= 11 is 0. The maximum absolute atomic E-state index is 10.3. The Balaban J connectivity index is 0.000000164. The number of fused-ring (bicyclic) bond motifs is 1. The maximum atomic E-state index is 10.3. The van der Waals surface area contributed by atoms with E-state index in [1.807, 2.05) is 12.3 Å². The van der Waals surface area contributed by atoms with Crippen molar-refractivity contribution in [1.29, 1.82) is 0 Å². The lowest BCUT2D eigenvalue weighted by molar-refractivity contribution is 0.0693. The highest BCUT2D eigenvalue weighted by molar-refractivity contribution is 5.90. The SMILES string of the molecule is NCCc1c[nH]c2ccccc12.O=C(O)c1ccccc1O. The molecule has 0 bridgehead atoms. The number of carboxylic acids is 1. The van der Waals surface area contributed by atoms with Crippen molar-refractivity contribution < 1.29 is 15.0 Å². The number of benzene rings is 2. The van der Waals surface area contributed by atoms with Gasteiger partial charge in [0, 0.05) is 17.1 Å². The van der Waals surface area contributed by atoms with E-state index in [1.165, 1.54) is 28.6 Å². The highest BCUT2D eigenvalue weighted by atomic mass is 16.4. The fourth-order valence-corrected chi connectivity index (χ4v) is 2.15. The summed E-state index contributed by atoms with van der Waals surface area (Å²) in [4.78, 5) is 13.5. The van der Waals surface area contributed by atoms with Crippen molar-refractivity contribution in [2.75, 3.05) is 6.54 Å². The number of hydrogen-bond donors (Lipinski definition) is 4. The minimum absolute atomic E-state index is 0.0671. The van der Waals surface area contributed by atoms with Gasteiger partial charge < -0.3 is 20.9 Å². The molecule has 114 valence electrons. The van der Waals surface area contributed by atoms with Gasteiger partial charge in [0.1, 0.15) is 11.3 Å². The number of carboxylic acid groups (broad SMARTS) is 1. The molecule has 0 aliphatic heterocycles. The largest absolute Gasteiger partial charge is 0.507 e. The predicted molar refractivity (Wildman–Crippen MR) is 86.1 cm³/mol. The first kappa shape index (κ1) is 15.6. The van der Waals surface area contributed by atoms with Gasteiger partial charge in [-0.15, -0.1) is 0 Å². The van der Waals surface area contributed by atoms with Crippen molar-refractivity contribution in [3.8, 4) is 5.75 Å². The van der Waals surface area contributed by atoms with Crippen molar-refractivity contribution in [2.24, 2.45) is 5.73 Å². The van der Waals surface area contributed by atoms with Gasteiger partial charge in [-0.3, -0.25) is 0 Å². The van der Waals surface area contributed by atoms with E-state index in [0.717, 1.165) is 6.42 Å². The van der Waals surface area contributed by atoms with Crippen LogP contribution in [0.1, 0.15) is 15.9 Å². The van der Waals surface area contributed by atoms with E-state index < -0.39 is 5.97 Å². The number of nitrogens with one attached hydrogen (secondary N) is 1. The molecule has 0 fully saturated rings. The number of phenols is 1. The first-order valence-corrected chi connectivity index (χ1v) is 6.90. The van der Waals surface area contributed by atoms with Gasteiger partial charge in [0.15, 0.2) is 0 Å². The minimum Gasteiger partial charge on any atom is -0.507 e. The van der Waals surface area contributed by atoms with Gasteiger partial charge in [0.2, 0.25) is 0 Å². The van der Waals surface area contributed by atoms with Gasteiger partial charge in [-0.05, 0) is 36.7 Å². The molecule has 5 nitrogen and oxygen atoms in total. The van der Waals surface area contributed by atoms with Crippen molar-refractivity contribution in [2.45, 2.75) is 6.42 Å². The van der Waals surface area contributed by atoms with Crippen LogP contribution in [-0.4, -0.2) is 27.7 Å². The van der Waals surface area contributed by atoms with E-state index in [2.05, 4.69) is 23.2 Å². The van der Waals surface area contributed by atoms with Crippen LogP contribution in [0.5, 0.6) is 5.75 Å². The highest BCUT2D eigenvalue weighted by Crippen LogP contribution is 2.17. The normalized spacial score (nSPS) is 10.0. The lowest BCUT2D eigenvalue weighted by Crippen LogP contribution is -2.01. The number of nitrogens with two attached hydrogens (primary N) is 1. The zero-order chi connectivity index (χ0) is 15.9. The van der Waals surface area contributed by atoms with E-state index in [4.69, 9.17) is 15.9 Å². The average Bonchev–Trinajstić information content (AvgIpc) is 2.92. The van der Waals surface area contributed by atoms with Crippen LogP contribution in [0.3, 0.4) is 0 Å². The molecule has 0 saturated carbocycles. The molecular weight excluding hydrogens is 280 g/mol. The fourth-order valence-electron chi connectivity index (χ4n) is 2.15. The molecule has 3 aromatic rings. The zero-order valence-corrected chi connectivity index (χ0v) is 12.0. The molecule has 0 amide bonds. The van der Waals surface area contributed by atoms with Gasteiger partial charge in [0.25, 0.3) is 0 Å². The summed E-state index contributed by atoms with van der Waals surface area (Å²) in [6, 6.07) is 14.1. The quantitative estimate of drug-likeness (QED) is 0.597. The topological polar surface area (TPSA) is 99.3 Å². The third kappa shape index (κ3) is 3.65. The van der Waals surface area contributed by atoms with Crippen molar-refractivity contribution in [3.63, 3.8) is 0 Å². The van der Waals surface area contributed by atoms with Crippen LogP contribution in [0.25, 0.3) is 10.9 Å². The maximum Gasteiger partial charge on any atom is 0.339 e. The Morgan fingerprint density at radius 2 is 1.77 bits per heavy atom. The Kier molecular flexibility index (Phi) is 5.16. The molecule has 0 spiro atoms. The van der Waals surface area contributed by atoms with Gasteiger partial charge in [-0.1, -0.05) is 30.3 Å². The van der Waals surface area contributed by atoms with E-state index in [-0.39, 0.29) is 11.3 Å². The molecule has 0 saturated heterocycles. The van der Waals surface area contributed by atoms with Gasteiger partial charge in [0.05, 0.1) is 0 Å². The second-order valence-electron chi connectivity index (χ2n) is 4.72. The number of H-pyrrole nitrogens is 1. The van der Waals surface area contributed by atoms with Gasteiger partial charge in [-0.2, -0.15) is 0 Å². The summed E-state index contributed by atoms with van der Waals surface area (Å²) in [6.45, 7) is 0.710. The first-order valence-electron chi connectivity index (χ1n) is 6.90. The van der Waals surface area contributed by atoms with Crippen molar-refractivity contribution in [3.05, 3.63) is 65.9 Å². The van der Waals surface area contributed by atoms with Gasteiger partial charge in [-0.25, -0.2) is 4.79 Å². The summed E-state index contributed by atoms with van der Waals surface area (Å²) in [7, 11) is 0. The molecular formula is C17H18N2O3. The van der Waals surface area contributed by atoms with Crippen LogP contribution in [0.2, 0.25) is 0 Å². The molecule has 3 rings (SSSR count). The number of hydrogen-bond acceptors (Lipinski definition) is 3. The van der Waals surface area contributed by atoms with Crippen molar-refractivity contribution in [1.82, 2.24) is 4.98 Å². The monoisotopic (exact) mass is 298 g/mol. The highest BCUT2D eigenvalue weighted by Gasteiger charge is 2.05. The average molecular weight is 298 g/mol. The Bertz CT molecular complexity index is 765. The number of aromatic hydroxyl groups is 1. The summed E-state index contributed by atoms with van der Waals surface area (Å²) in [5, 5.41) is 18.6. The van der Waals surface area contributed by atoms with Crippen LogP contribution in [-0.2, 0) is 6.42 Å². The number of aromatic carboxylic acids is 1. The minimum atomic E-state index is -1.11.